The monoisotopic (exact) mass is 375 g/mol. The van der Waals surface area contributed by atoms with Crippen molar-refractivity contribution in [3.63, 3.8) is 0 Å². The summed E-state index contributed by atoms with van der Waals surface area (Å²) in [5.74, 6) is 0.447. The van der Waals surface area contributed by atoms with E-state index in [0.29, 0.717) is 10.9 Å². The first-order chi connectivity index (χ1) is 13.2. The molecule has 27 heavy (non-hydrogen) atoms. The van der Waals surface area contributed by atoms with Crippen LogP contribution in [0.5, 0.6) is 0 Å². The van der Waals surface area contributed by atoms with E-state index in [0.717, 1.165) is 22.5 Å². The van der Waals surface area contributed by atoms with Crippen LogP contribution in [0.25, 0.3) is 16.9 Å². The summed E-state index contributed by atoms with van der Waals surface area (Å²) >= 11 is 1.39. The van der Waals surface area contributed by atoms with Gasteiger partial charge in [-0.25, -0.2) is 4.68 Å². The molecule has 3 aromatic rings. The molecule has 0 unspecified atom stereocenters. The van der Waals surface area contributed by atoms with Crippen molar-refractivity contribution in [3.05, 3.63) is 72.4 Å². The predicted octanol–water partition coefficient (Wildman–Crippen LogP) is 3.43. The van der Waals surface area contributed by atoms with Crippen LogP contribution in [-0.2, 0) is 4.79 Å². The van der Waals surface area contributed by atoms with E-state index in [1.165, 1.54) is 16.7 Å². The Morgan fingerprint density at radius 3 is 2.44 bits per heavy atom. The van der Waals surface area contributed by atoms with Crippen LogP contribution in [0.2, 0.25) is 0 Å². The van der Waals surface area contributed by atoms with Crippen molar-refractivity contribution >= 4 is 29.1 Å². The second kappa shape index (κ2) is 7.59. The molecule has 1 aliphatic rings. The van der Waals surface area contributed by atoms with Crippen LogP contribution in [0.1, 0.15) is 5.56 Å². The minimum Gasteiger partial charge on any atom is -0.292 e. The zero-order valence-corrected chi connectivity index (χ0v) is 15.5. The molecular formula is C20H17N5OS. The second-order valence-electron chi connectivity index (χ2n) is 5.95. The molecule has 0 atom stereocenters. The van der Waals surface area contributed by atoms with Gasteiger partial charge in [0.25, 0.3) is 0 Å². The number of rotatable bonds is 4. The van der Waals surface area contributed by atoms with E-state index in [1.54, 1.807) is 13.3 Å². The average molecular weight is 375 g/mol. The largest absolute Gasteiger partial charge is 0.292 e. The first kappa shape index (κ1) is 17.2. The zero-order chi connectivity index (χ0) is 18.6. The number of nitrogens with zero attached hydrogens (tertiary/aromatic N) is 5. The maximum Gasteiger partial charge on any atom is 0.238 e. The highest BCUT2D eigenvalue weighted by atomic mass is 32.2. The fraction of sp³-hybridized carbons (Fsp3) is 0.100. The van der Waals surface area contributed by atoms with E-state index in [2.05, 4.69) is 10.2 Å². The minimum atomic E-state index is 0.0378. The highest BCUT2D eigenvalue weighted by molar-refractivity contribution is 8.15. The summed E-state index contributed by atoms with van der Waals surface area (Å²) in [4.78, 5) is 13.1. The number of hydrogen-bond acceptors (Lipinski definition) is 5. The molecule has 134 valence electrons. The molecule has 0 bridgehead atoms. The van der Waals surface area contributed by atoms with Crippen LogP contribution in [0.4, 0.5) is 0 Å². The molecule has 2 aromatic carbocycles. The highest BCUT2D eigenvalue weighted by Gasteiger charge is 2.24. The zero-order valence-electron chi connectivity index (χ0n) is 14.7. The summed E-state index contributed by atoms with van der Waals surface area (Å²) < 4.78 is 1.83. The number of amides is 1. The maximum absolute atomic E-state index is 11.6. The lowest BCUT2D eigenvalue weighted by molar-refractivity contribution is -0.123. The Morgan fingerprint density at radius 2 is 1.78 bits per heavy atom. The van der Waals surface area contributed by atoms with Crippen molar-refractivity contribution in [1.82, 2.24) is 14.7 Å². The molecule has 0 spiro atoms. The first-order valence-electron chi connectivity index (χ1n) is 8.43. The van der Waals surface area contributed by atoms with E-state index >= 15 is 0 Å². The van der Waals surface area contributed by atoms with Gasteiger partial charge in [0.05, 0.1) is 17.7 Å². The molecule has 1 aliphatic heterocycles. The van der Waals surface area contributed by atoms with Gasteiger partial charge >= 0.3 is 0 Å². The van der Waals surface area contributed by atoms with Gasteiger partial charge in [-0.2, -0.15) is 10.2 Å². The Hall–Kier alpha value is -3.19. The molecule has 0 saturated carbocycles. The topological polar surface area (TPSA) is 62.9 Å². The fourth-order valence-electron chi connectivity index (χ4n) is 2.68. The van der Waals surface area contributed by atoms with Gasteiger partial charge in [-0.1, -0.05) is 60.3 Å². The third-order valence-electron chi connectivity index (χ3n) is 4.14. The average Bonchev–Trinajstić information content (AvgIpc) is 3.28. The molecule has 1 amide bonds. The van der Waals surface area contributed by atoms with Gasteiger partial charge in [-0.05, 0) is 12.1 Å². The van der Waals surface area contributed by atoms with Gasteiger partial charge in [0, 0.05) is 24.4 Å². The highest BCUT2D eigenvalue weighted by Crippen LogP contribution is 2.23. The van der Waals surface area contributed by atoms with Crippen molar-refractivity contribution in [1.29, 1.82) is 0 Å². The molecular weight excluding hydrogens is 358 g/mol. The molecule has 0 radical (unpaired) electrons. The van der Waals surface area contributed by atoms with Gasteiger partial charge in [-0.15, -0.1) is 5.10 Å². The molecule has 7 heteroatoms. The van der Waals surface area contributed by atoms with Crippen molar-refractivity contribution in [3.8, 4) is 16.9 Å². The Morgan fingerprint density at radius 1 is 1.07 bits per heavy atom. The van der Waals surface area contributed by atoms with Crippen LogP contribution < -0.4 is 0 Å². The fourth-order valence-corrected chi connectivity index (χ4v) is 3.52. The minimum absolute atomic E-state index is 0.0378. The lowest BCUT2D eigenvalue weighted by atomic mass is 10.1. The number of para-hydroxylation sites is 1. The summed E-state index contributed by atoms with van der Waals surface area (Å²) in [6.45, 7) is 0. The molecule has 0 N–H and O–H groups in total. The molecule has 0 aliphatic carbocycles. The number of carbonyl (C=O) groups excluding carboxylic acids is 1. The molecule has 6 nitrogen and oxygen atoms in total. The van der Waals surface area contributed by atoms with Crippen LogP contribution in [0.3, 0.4) is 0 Å². The van der Waals surface area contributed by atoms with Gasteiger partial charge in [-0.3, -0.25) is 9.69 Å². The molecule has 2 heterocycles. The number of benzene rings is 2. The normalized spacial score (nSPS) is 16.0. The quantitative estimate of drug-likeness (QED) is 0.518. The van der Waals surface area contributed by atoms with Crippen LogP contribution in [0, 0.1) is 0 Å². The SMILES string of the molecule is CN1C(=O)CS/C1=N/N=C\c1cn(-c2ccccc2)nc1-c1ccccc1. The number of amidine groups is 1. The number of carbonyl (C=O) groups is 1. The smallest absolute Gasteiger partial charge is 0.238 e. The maximum atomic E-state index is 11.6. The molecule has 4 rings (SSSR count). The summed E-state index contributed by atoms with van der Waals surface area (Å²) in [7, 11) is 1.71. The Balaban J connectivity index is 1.70. The number of thioether (sulfide) groups is 1. The van der Waals surface area contributed by atoms with Gasteiger partial charge in [0.2, 0.25) is 5.91 Å². The van der Waals surface area contributed by atoms with E-state index in [9.17, 15) is 4.79 Å². The van der Waals surface area contributed by atoms with E-state index in [-0.39, 0.29) is 5.91 Å². The number of aromatic nitrogens is 2. The molecule has 1 fully saturated rings. The van der Waals surface area contributed by atoms with Crippen molar-refractivity contribution < 1.29 is 4.79 Å². The summed E-state index contributed by atoms with van der Waals surface area (Å²) in [5.41, 5.74) is 3.65. The van der Waals surface area contributed by atoms with E-state index in [1.807, 2.05) is 71.5 Å². The van der Waals surface area contributed by atoms with Crippen LogP contribution >= 0.6 is 11.8 Å². The Labute approximate surface area is 161 Å². The van der Waals surface area contributed by atoms with Crippen LogP contribution in [-0.4, -0.2) is 44.8 Å². The van der Waals surface area contributed by atoms with Gasteiger partial charge in [0.15, 0.2) is 5.17 Å². The van der Waals surface area contributed by atoms with Crippen molar-refractivity contribution in [2.45, 2.75) is 0 Å². The van der Waals surface area contributed by atoms with E-state index in [4.69, 9.17) is 5.10 Å². The lowest BCUT2D eigenvalue weighted by Crippen LogP contribution is -2.24. The molecule has 1 saturated heterocycles. The summed E-state index contributed by atoms with van der Waals surface area (Å²) in [6, 6.07) is 19.9. The summed E-state index contributed by atoms with van der Waals surface area (Å²) in [5, 5.41) is 13.7. The standard InChI is InChI=1S/C20H17N5OS/c1-24-18(26)14-27-20(24)22-21-12-16-13-25(17-10-6-3-7-11-17)23-19(16)15-8-4-2-5-9-15/h2-13H,14H2,1H3/b21-12-,22-20+. The number of hydrogen-bond donors (Lipinski definition) is 0. The lowest BCUT2D eigenvalue weighted by Gasteiger charge is -2.04. The third kappa shape index (κ3) is 3.68. The summed E-state index contributed by atoms with van der Waals surface area (Å²) in [6.07, 6.45) is 3.61. The Bertz CT molecular complexity index is 1010. The van der Waals surface area contributed by atoms with Gasteiger partial charge in [0.1, 0.15) is 5.69 Å². The second-order valence-corrected chi connectivity index (χ2v) is 6.89. The predicted molar refractivity (Wildman–Crippen MR) is 109 cm³/mol. The van der Waals surface area contributed by atoms with Gasteiger partial charge < -0.3 is 0 Å². The van der Waals surface area contributed by atoms with Crippen molar-refractivity contribution in [2.24, 2.45) is 10.2 Å². The molecule has 1 aromatic heterocycles. The Kier molecular flexibility index (Phi) is 4.84. The van der Waals surface area contributed by atoms with Crippen LogP contribution in [0.15, 0.2) is 77.1 Å². The first-order valence-corrected chi connectivity index (χ1v) is 9.42. The van der Waals surface area contributed by atoms with E-state index < -0.39 is 0 Å². The van der Waals surface area contributed by atoms with Crippen molar-refractivity contribution in [2.75, 3.05) is 12.8 Å². The third-order valence-corrected chi connectivity index (χ3v) is 5.14.